The summed E-state index contributed by atoms with van der Waals surface area (Å²) in [6.45, 7) is 19.6. The first-order valence-electron chi connectivity index (χ1n) is 17.8. The average Bonchev–Trinajstić information content (AvgIpc) is 3.69. The molecule has 3 aromatic carbocycles. The molecule has 0 aliphatic heterocycles. The second-order valence-corrected chi connectivity index (χ2v) is 15.1. The van der Waals surface area contributed by atoms with Gasteiger partial charge in [-0.05, 0) is 60.8 Å². The number of benzene rings is 3. The normalized spacial score (nSPS) is 12.7. The molecule has 9 heteroatoms. The van der Waals surface area contributed by atoms with Gasteiger partial charge in [0.05, 0.1) is 5.82 Å². The van der Waals surface area contributed by atoms with Gasteiger partial charge in [0.1, 0.15) is 5.76 Å². The molecule has 0 aliphatic carbocycles. The van der Waals surface area contributed by atoms with E-state index in [0.717, 1.165) is 28.2 Å². The Hall–Kier alpha value is -3.94. The molecule has 5 aromatic rings. The van der Waals surface area contributed by atoms with Gasteiger partial charge < -0.3 is 14.1 Å². The molecule has 0 saturated carbocycles. The molecule has 52 heavy (non-hydrogen) atoms. The molecular formula is C43H52F2IrN3O3-. The fourth-order valence-corrected chi connectivity index (χ4v) is 5.60. The molecule has 1 radical (unpaired) electrons. The number of imidazole rings is 1. The van der Waals surface area contributed by atoms with Crippen molar-refractivity contribution in [2.45, 2.75) is 117 Å². The number of hydrogen-bond donors (Lipinski definition) is 1. The Morgan fingerprint density at radius 2 is 1.35 bits per heavy atom. The zero-order valence-electron chi connectivity index (χ0n) is 32.0. The van der Waals surface area contributed by atoms with Gasteiger partial charge in [-0.2, -0.15) is 4.98 Å². The van der Waals surface area contributed by atoms with Crippen molar-refractivity contribution in [2.24, 2.45) is 0 Å². The SMILES string of the molecule is CC(C)(C)c1[c-]c(-c2nc3oc(-c4ccccc4)nc3n2-c2ccccc2)cc(C(C)(C)C)c1.CCC(F)(CC)C(=O)/C=C(\O)C(F)(CC)CC.[Ir]. The first-order valence-corrected chi connectivity index (χ1v) is 17.8. The minimum Gasteiger partial charge on any atom is -0.509 e. The van der Waals surface area contributed by atoms with Gasteiger partial charge in [-0.3, -0.25) is 4.79 Å². The molecule has 1 N–H and O–H groups in total. The first-order chi connectivity index (χ1) is 23.9. The van der Waals surface area contributed by atoms with Crippen LogP contribution in [0.15, 0.2) is 89.0 Å². The van der Waals surface area contributed by atoms with Gasteiger partial charge in [-0.1, -0.05) is 106 Å². The largest absolute Gasteiger partial charge is 0.509 e. The second-order valence-electron chi connectivity index (χ2n) is 15.1. The van der Waals surface area contributed by atoms with E-state index in [1.807, 2.05) is 48.5 Å². The first kappa shape index (κ1) is 42.5. The van der Waals surface area contributed by atoms with Crippen molar-refractivity contribution >= 4 is 17.1 Å². The second kappa shape index (κ2) is 16.8. The molecular weight excluding hydrogens is 837 g/mol. The number of oxazole rings is 1. The fraction of sp³-hybridized carbons (Fsp3) is 0.419. The Labute approximate surface area is 321 Å². The summed E-state index contributed by atoms with van der Waals surface area (Å²) >= 11 is 0. The number of aliphatic hydroxyl groups excluding tert-OH is 1. The zero-order valence-corrected chi connectivity index (χ0v) is 34.4. The van der Waals surface area contributed by atoms with Crippen LogP contribution in [0.1, 0.15) is 106 Å². The zero-order chi connectivity index (χ0) is 37.8. The van der Waals surface area contributed by atoms with Crippen LogP contribution in [0.2, 0.25) is 0 Å². The number of para-hydroxylation sites is 1. The van der Waals surface area contributed by atoms with E-state index in [4.69, 9.17) is 14.4 Å². The molecule has 0 aliphatic rings. The van der Waals surface area contributed by atoms with E-state index < -0.39 is 22.9 Å². The van der Waals surface area contributed by atoms with E-state index >= 15 is 0 Å². The quantitative estimate of drug-likeness (QED) is 0.0858. The van der Waals surface area contributed by atoms with Crippen LogP contribution in [0, 0.1) is 6.07 Å². The number of alkyl halides is 2. The topological polar surface area (TPSA) is 81.2 Å². The molecule has 0 spiro atoms. The summed E-state index contributed by atoms with van der Waals surface area (Å²) in [7, 11) is 0. The minimum absolute atomic E-state index is 0. The predicted molar refractivity (Wildman–Crippen MR) is 203 cm³/mol. The summed E-state index contributed by atoms with van der Waals surface area (Å²) in [6.07, 6.45) is 0.848. The number of carbonyl (C=O) groups is 1. The van der Waals surface area contributed by atoms with Crippen LogP contribution in [-0.2, 0) is 35.7 Å². The third kappa shape index (κ3) is 9.34. The summed E-state index contributed by atoms with van der Waals surface area (Å²) < 4.78 is 36.2. The molecule has 0 amide bonds. The Morgan fingerprint density at radius 3 is 1.85 bits per heavy atom. The number of fused-ring (bicyclic) bond motifs is 1. The van der Waals surface area contributed by atoms with Crippen molar-refractivity contribution in [2.75, 3.05) is 0 Å². The summed E-state index contributed by atoms with van der Waals surface area (Å²) in [5.41, 5.74) is 2.50. The van der Waals surface area contributed by atoms with Crippen molar-refractivity contribution in [1.29, 1.82) is 0 Å². The molecule has 5 rings (SSSR count). The molecule has 0 fully saturated rings. The van der Waals surface area contributed by atoms with Crippen LogP contribution in [-0.4, -0.2) is 36.8 Å². The van der Waals surface area contributed by atoms with Crippen molar-refractivity contribution in [3.05, 3.63) is 102 Å². The number of aliphatic hydroxyl groups is 1. The molecule has 6 nitrogen and oxygen atoms in total. The number of halogens is 2. The minimum atomic E-state index is -2.00. The van der Waals surface area contributed by atoms with E-state index in [0.29, 0.717) is 23.3 Å². The maximum Gasteiger partial charge on any atom is 0.257 e. The smallest absolute Gasteiger partial charge is 0.257 e. The number of ketones is 1. The third-order valence-corrected chi connectivity index (χ3v) is 9.45. The van der Waals surface area contributed by atoms with E-state index in [1.54, 1.807) is 27.7 Å². The number of rotatable bonds is 10. The maximum absolute atomic E-state index is 14.0. The van der Waals surface area contributed by atoms with Gasteiger partial charge in [0.25, 0.3) is 5.71 Å². The van der Waals surface area contributed by atoms with Crippen LogP contribution in [0.3, 0.4) is 0 Å². The van der Waals surface area contributed by atoms with Crippen molar-refractivity contribution in [1.82, 2.24) is 14.5 Å². The number of nitrogens with zero attached hydrogens (tertiary/aromatic N) is 3. The molecule has 2 heterocycles. The Bertz CT molecular complexity index is 1930. The number of aromatic nitrogens is 3. The van der Waals surface area contributed by atoms with E-state index in [2.05, 4.69) is 76.4 Å². The Balaban J connectivity index is 0.000000347. The molecule has 0 saturated heterocycles. The van der Waals surface area contributed by atoms with Crippen LogP contribution in [0.4, 0.5) is 8.78 Å². The van der Waals surface area contributed by atoms with Crippen LogP contribution >= 0.6 is 0 Å². The summed E-state index contributed by atoms with van der Waals surface area (Å²) in [4.78, 5) is 21.5. The molecule has 0 unspecified atom stereocenters. The number of allylic oxidation sites excluding steroid dienone is 2. The number of carbonyl (C=O) groups excluding carboxylic acids is 1. The van der Waals surface area contributed by atoms with Gasteiger partial charge in [0.15, 0.2) is 22.8 Å². The summed E-state index contributed by atoms with van der Waals surface area (Å²) in [5.74, 6) is -0.179. The van der Waals surface area contributed by atoms with Crippen LogP contribution in [0.5, 0.6) is 0 Å². The summed E-state index contributed by atoms with van der Waals surface area (Å²) in [6, 6.07) is 28.3. The fourth-order valence-electron chi connectivity index (χ4n) is 5.60. The van der Waals surface area contributed by atoms with Gasteiger partial charge in [-0.15, -0.1) is 34.9 Å². The molecule has 0 atom stereocenters. The standard InChI is InChI=1S/C30H30N3O.C13H22F2O2.Ir/c1-29(2,3)22-17-21(18-23(19-22)30(4,5)6)25-31-28-26(33(25)24-15-11-8-12-16-24)32-27(34-28)20-13-9-7-10-14-20;1-5-12(14,6-2)10(16)9-11(17)13(15,7-3)8-4;/h7-17,19H,1-6H3;9,16H,5-8H2,1-4H3;/q-1;;/b;10-9-;. The maximum atomic E-state index is 14.0. The molecule has 2 aromatic heterocycles. The Kier molecular flexibility index (Phi) is 13.7. The average molecular weight is 889 g/mol. The van der Waals surface area contributed by atoms with Gasteiger partial charge in [-0.25, -0.2) is 13.8 Å². The number of hydrogen-bond acceptors (Lipinski definition) is 5. The summed E-state index contributed by atoms with van der Waals surface area (Å²) in [5, 5.41) is 9.59. The van der Waals surface area contributed by atoms with Gasteiger partial charge in [0, 0.05) is 37.4 Å². The van der Waals surface area contributed by atoms with Crippen LogP contribution in [0.25, 0.3) is 39.9 Å². The van der Waals surface area contributed by atoms with Crippen LogP contribution < -0.4 is 0 Å². The van der Waals surface area contributed by atoms with Gasteiger partial charge >= 0.3 is 0 Å². The van der Waals surface area contributed by atoms with Crippen molar-refractivity contribution < 1.29 is 43.2 Å². The monoisotopic (exact) mass is 889 g/mol. The van der Waals surface area contributed by atoms with E-state index in [1.165, 1.54) is 5.56 Å². The third-order valence-electron chi connectivity index (χ3n) is 9.45. The molecule has 0 bridgehead atoms. The van der Waals surface area contributed by atoms with E-state index in [-0.39, 0.29) is 56.6 Å². The predicted octanol–water partition coefficient (Wildman–Crippen LogP) is 11.8. The van der Waals surface area contributed by atoms with Crippen molar-refractivity contribution in [3.63, 3.8) is 0 Å². The van der Waals surface area contributed by atoms with E-state index in [9.17, 15) is 18.7 Å². The van der Waals surface area contributed by atoms with Crippen molar-refractivity contribution in [3.8, 4) is 28.5 Å². The molecule has 281 valence electrons. The Morgan fingerprint density at radius 1 is 0.808 bits per heavy atom. The van der Waals surface area contributed by atoms with Gasteiger partial charge in [0.2, 0.25) is 5.89 Å².